The summed E-state index contributed by atoms with van der Waals surface area (Å²) in [6, 6.07) is 11.0. The lowest BCUT2D eigenvalue weighted by Crippen LogP contribution is -2.36. The van der Waals surface area contributed by atoms with Gasteiger partial charge in [0.2, 0.25) is 0 Å². The molecule has 148 valence electrons. The van der Waals surface area contributed by atoms with Gasteiger partial charge in [-0.2, -0.15) is 0 Å². The fourth-order valence-electron chi connectivity index (χ4n) is 3.59. The fourth-order valence-corrected chi connectivity index (χ4v) is 4.46. The van der Waals surface area contributed by atoms with E-state index in [2.05, 4.69) is 21.7 Å². The lowest BCUT2D eigenvalue weighted by atomic mass is 10.1. The predicted octanol–water partition coefficient (Wildman–Crippen LogP) is 4.15. The van der Waals surface area contributed by atoms with Gasteiger partial charge in [-0.3, -0.25) is 14.5 Å². The number of aryl methyl sites for hydroxylation is 1. The van der Waals surface area contributed by atoms with E-state index in [1.165, 1.54) is 23.8 Å². The zero-order valence-electron chi connectivity index (χ0n) is 15.6. The van der Waals surface area contributed by atoms with E-state index in [0.717, 1.165) is 18.7 Å². The molecule has 0 radical (unpaired) electrons. The number of nitrogens with zero attached hydrogens (tertiary/aromatic N) is 1. The summed E-state index contributed by atoms with van der Waals surface area (Å²) >= 11 is 1.70. The van der Waals surface area contributed by atoms with Crippen LogP contribution in [0.2, 0.25) is 0 Å². The molecule has 3 heterocycles. The van der Waals surface area contributed by atoms with Crippen LogP contribution in [0.5, 0.6) is 0 Å². The van der Waals surface area contributed by atoms with Gasteiger partial charge in [0.1, 0.15) is 5.58 Å². The van der Waals surface area contributed by atoms with E-state index in [-0.39, 0.29) is 35.5 Å². The summed E-state index contributed by atoms with van der Waals surface area (Å²) in [6.07, 6.45) is 2.38. The van der Waals surface area contributed by atoms with E-state index in [1.54, 1.807) is 23.5 Å². The summed E-state index contributed by atoms with van der Waals surface area (Å²) in [4.78, 5) is 28.6. The molecule has 1 saturated heterocycles. The van der Waals surface area contributed by atoms with E-state index in [1.807, 2.05) is 19.1 Å². The molecule has 0 spiro atoms. The molecule has 7 heteroatoms. The molecule has 1 aliphatic rings. The summed E-state index contributed by atoms with van der Waals surface area (Å²) in [5.41, 5.74) is 1.23. The maximum atomic E-state index is 12.7. The monoisotopic (exact) mass is 418 g/mol. The zero-order valence-corrected chi connectivity index (χ0v) is 17.3. The van der Waals surface area contributed by atoms with Crippen LogP contribution in [0.1, 0.15) is 39.9 Å². The van der Waals surface area contributed by atoms with Crippen LogP contribution in [-0.4, -0.2) is 30.4 Å². The molecule has 1 unspecified atom stereocenters. The molecule has 0 aliphatic carbocycles. The highest BCUT2D eigenvalue weighted by Gasteiger charge is 2.25. The highest BCUT2D eigenvalue weighted by Crippen LogP contribution is 2.28. The Hall–Kier alpha value is -2.15. The minimum atomic E-state index is -0.351. The lowest BCUT2D eigenvalue weighted by Gasteiger charge is -2.26. The average Bonchev–Trinajstić information content (AvgIpc) is 3.35. The average molecular weight is 419 g/mol. The molecular formula is C21H23ClN2O3S. The SMILES string of the molecule is Cc1ccc2c(=O)cc(C(=O)NCC(c3cccs3)N3CCCC3)oc2c1.Cl. The van der Waals surface area contributed by atoms with Crippen molar-refractivity contribution in [3.05, 3.63) is 68.2 Å². The Morgan fingerprint density at radius 3 is 2.75 bits per heavy atom. The van der Waals surface area contributed by atoms with E-state index in [9.17, 15) is 9.59 Å². The maximum absolute atomic E-state index is 12.7. The molecule has 1 aliphatic heterocycles. The summed E-state index contributed by atoms with van der Waals surface area (Å²) in [5.74, 6) is -0.291. The number of likely N-dealkylation sites (tertiary alicyclic amines) is 1. The van der Waals surface area contributed by atoms with E-state index < -0.39 is 0 Å². The summed E-state index contributed by atoms with van der Waals surface area (Å²) in [6.45, 7) is 4.51. The van der Waals surface area contributed by atoms with Gasteiger partial charge in [0.05, 0.1) is 11.4 Å². The standard InChI is InChI=1S/C21H22N2O3S.ClH/c1-14-6-7-15-17(24)12-19(26-18(15)11-14)21(25)22-13-16(20-5-4-10-27-20)23-8-2-3-9-23;/h4-7,10-12,16H,2-3,8-9,13H2,1H3,(H,22,25);1H. The number of hydrogen-bond donors (Lipinski definition) is 1. The van der Waals surface area contributed by atoms with Gasteiger partial charge in [-0.1, -0.05) is 12.1 Å². The van der Waals surface area contributed by atoms with Crippen molar-refractivity contribution in [1.29, 1.82) is 0 Å². The largest absolute Gasteiger partial charge is 0.451 e. The van der Waals surface area contributed by atoms with Crippen LogP contribution >= 0.6 is 23.7 Å². The van der Waals surface area contributed by atoms with Crippen LogP contribution in [0.15, 0.2) is 51.0 Å². The molecule has 0 saturated carbocycles. The molecule has 3 aromatic rings. The Bertz CT molecular complexity index is 1010. The molecule has 1 N–H and O–H groups in total. The first-order valence-corrected chi connectivity index (χ1v) is 10.1. The van der Waals surface area contributed by atoms with Crippen LogP contribution in [0.4, 0.5) is 0 Å². The molecular weight excluding hydrogens is 396 g/mol. The quantitative estimate of drug-likeness (QED) is 0.676. The molecule has 1 amide bonds. The van der Waals surface area contributed by atoms with Gasteiger partial charge in [0, 0.05) is 17.5 Å². The van der Waals surface area contributed by atoms with Gasteiger partial charge in [-0.05, 0) is 62.0 Å². The van der Waals surface area contributed by atoms with Crippen molar-refractivity contribution in [2.45, 2.75) is 25.8 Å². The molecule has 1 aromatic carbocycles. The number of fused-ring (bicyclic) bond motifs is 1. The van der Waals surface area contributed by atoms with Crippen LogP contribution in [-0.2, 0) is 0 Å². The number of halogens is 1. The van der Waals surface area contributed by atoms with Crippen molar-refractivity contribution >= 4 is 40.6 Å². The van der Waals surface area contributed by atoms with Crippen molar-refractivity contribution in [3.8, 4) is 0 Å². The van der Waals surface area contributed by atoms with Gasteiger partial charge >= 0.3 is 0 Å². The second-order valence-corrected chi connectivity index (χ2v) is 7.94. The highest BCUT2D eigenvalue weighted by molar-refractivity contribution is 7.10. The van der Waals surface area contributed by atoms with Crippen LogP contribution in [0.3, 0.4) is 0 Å². The highest BCUT2D eigenvalue weighted by atomic mass is 35.5. The molecule has 2 aromatic heterocycles. The Morgan fingerprint density at radius 2 is 2.04 bits per heavy atom. The topological polar surface area (TPSA) is 62.6 Å². The number of thiophene rings is 1. The first-order valence-electron chi connectivity index (χ1n) is 9.22. The van der Waals surface area contributed by atoms with E-state index in [4.69, 9.17) is 4.42 Å². The van der Waals surface area contributed by atoms with Crippen molar-refractivity contribution in [1.82, 2.24) is 10.2 Å². The number of carbonyl (C=O) groups excluding carboxylic acids is 1. The third-order valence-electron chi connectivity index (χ3n) is 5.02. The number of hydrogen-bond acceptors (Lipinski definition) is 5. The van der Waals surface area contributed by atoms with Crippen molar-refractivity contribution in [2.75, 3.05) is 19.6 Å². The third-order valence-corrected chi connectivity index (χ3v) is 5.99. The van der Waals surface area contributed by atoms with Gasteiger partial charge in [0.15, 0.2) is 11.2 Å². The number of amides is 1. The maximum Gasteiger partial charge on any atom is 0.287 e. The Morgan fingerprint density at radius 1 is 1.25 bits per heavy atom. The number of carbonyl (C=O) groups is 1. The van der Waals surface area contributed by atoms with Crippen LogP contribution < -0.4 is 10.7 Å². The van der Waals surface area contributed by atoms with E-state index in [0.29, 0.717) is 17.5 Å². The molecule has 1 fully saturated rings. The smallest absolute Gasteiger partial charge is 0.287 e. The first-order chi connectivity index (χ1) is 13.1. The fraction of sp³-hybridized carbons (Fsp3) is 0.333. The number of rotatable bonds is 5. The summed E-state index contributed by atoms with van der Waals surface area (Å²) < 4.78 is 5.71. The molecule has 28 heavy (non-hydrogen) atoms. The minimum Gasteiger partial charge on any atom is -0.451 e. The van der Waals surface area contributed by atoms with Gasteiger partial charge in [-0.15, -0.1) is 23.7 Å². The molecule has 5 nitrogen and oxygen atoms in total. The van der Waals surface area contributed by atoms with Crippen molar-refractivity contribution in [2.24, 2.45) is 0 Å². The normalized spacial score (nSPS) is 15.3. The molecule has 0 bridgehead atoms. The van der Waals surface area contributed by atoms with Gasteiger partial charge in [-0.25, -0.2) is 0 Å². The van der Waals surface area contributed by atoms with Crippen LogP contribution in [0.25, 0.3) is 11.0 Å². The minimum absolute atomic E-state index is 0. The predicted molar refractivity (Wildman–Crippen MR) is 115 cm³/mol. The Kier molecular flexibility index (Phi) is 6.54. The zero-order chi connectivity index (χ0) is 18.8. The Labute approximate surface area is 173 Å². The summed E-state index contributed by atoms with van der Waals surface area (Å²) in [5, 5.41) is 5.52. The third kappa shape index (κ3) is 4.29. The summed E-state index contributed by atoms with van der Waals surface area (Å²) in [7, 11) is 0. The number of benzene rings is 1. The first kappa shape index (κ1) is 20.6. The van der Waals surface area contributed by atoms with Crippen molar-refractivity contribution in [3.63, 3.8) is 0 Å². The van der Waals surface area contributed by atoms with E-state index >= 15 is 0 Å². The van der Waals surface area contributed by atoms with Gasteiger partial charge < -0.3 is 9.73 Å². The molecule has 4 rings (SSSR count). The second kappa shape index (κ2) is 8.90. The molecule has 1 atom stereocenters. The van der Waals surface area contributed by atoms with Crippen LogP contribution in [0, 0.1) is 6.92 Å². The Balaban J connectivity index is 0.00000225. The second-order valence-electron chi connectivity index (χ2n) is 6.96. The lowest BCUT2D eigenvalue weighted by molar-refractivity contribution is 0.0911. The number of nitrogens with one attached hydrogen (secondary N) is 1. The van der Waals surface area contributed by atoms with Gasteiger partial charge in [0.25, 0.3) is 5.91 Å². The van der Waals surface area contributed by atoms with Crippen molar-refractivity contribution < 1.29 is 9.21 Å².